The SMILES string of the molecule is COc1cc(/C=N\N=C(N)N)ccc1OCC(=O)N1CCOCC1. The zero-order valence-corrected chi connectivity index (χ0v) is 13.5. The highest BCUT2D eigenvalue weighted by Gasteiger charge is 2.17. The molecule has 0 atom stereocenters. The predicted molar refractivity (Wildman–Crippen MR) is 89.3 cm³/mol. The molecule has 9 heteroatoms. The Balaban J connectivity index is 1.98. The average Bonchev–Trinajstić information content (AvgIpc) is 2.60. The van der Waals surface area contributed by atoms with Gasteiger partial charge in [-0.15, -0.1) is 5.10 Å². The maximum Gasteiger partial charge on any atom is 0.260 e. The molecule has 9 nitrogen and oxygen atoms in total. The number of nitrogens with two attached hydrogens (primary N) is 2. The number of benzene rings is 1. The molecule has 1 aromatic rings. The fourth-order valence-electron chi connectivity index (χ4n) is 2.09. The summed E-state index contributed by atoms with van der Waals surface area (Å²) in [5.74, 6) is 0.745. The van der Waals surface area contributed by atoms with Gasteiger partial charge >= 0.3 is 0 Å². The highest BCUT2D eigenvalue weighted by Crippen LogP contribution is 2.27. The molecule has 0 saturated carbocycles. The van der Waals surface area contributed by atoms with Gasteiger partial charge in [0, 0.05) is 13.1 Å². The summed E-state index contributed by atoms with van der Waals surface area (Å²) in [7, 11) is 1.52. The second kappa shape index (κ2) is 8.73. The molecule has 1 fully saturated rings. The van der Waals surface area contributed by atoms with E-state index in [-0.39, 0.29) is 18.5 Å². The smallest absolute Gasteiger partial charge is 0.260 e. The normalized spacial score (nSPS) is 14.5. The standard InChI is InChI=1S/C15H21N5O4/c1-22-13-8-11(9-18-19-15(16)17)2-3-12(13)24-10-14(21)20-4-6-23-7-5-20/h2-3,8-9H,4-7,10H2,1H3,(H4,16,17,19)/b18-9-. The second-order valence-electron chi connectivity index (χ2n) is 4.96. The van der Waals surface area contributed by atoms with Crippen LogP contribution in [0.1, 0.15) is 5.56 Å². The van der Waals surface area contributed by atoms with Gasteiger partial charge in [-0.2, -0.15) is 5.10 Å². The largest absolute Gasteiger partial charge is 0.493 e. The molecule has 0 spiro atoms. The third-order valence-electron chi connectivity index (χ3n) is 3.28. The van der Waals surface area contributed by atoms with Crippen molar-refractivity contribution in [1.29, 1.82) is 0 Å². The number of rotatable bonds is 6. The number of nitrogens with zero attached hydrogens (tertiary/aromatic N) is 3. The number of methoxy groups -OCH3 is 1. The molecule has 0 aliphatic carbocycles. The molecule has 1 aliphatic rings. The first-order valence-corrected chi connectivity index (χ1v) is 7.38. The minimum Gasteiger partial charge on any atom is -0.493 e. The van der Waals surface area contributed by atoms with E-state index in [1.807, 2.05) is 0 Å². The van der Waals surface area contributed by atoms with Crippen LogP contribution in [0.4, 0.5) is 0 Å². The van der Waals surface area contributed by atoms with Crippen LogP contribution in [-0.2, 0) is 9.53 Å². The number of guanidine groups is 1. The topological polar surface area (TPSA) is 125 Å². The molecule has 1 amide bonds. The van der Waals surface area contributed by atoms with Gasteiger partial charge in [-0.3, -0.25) is 4.79 Å². The van der Waals surface area contributed by atoms with Gasteiger partial charge in [0.25, 0.3) is 5.91 Å². The van der Waals surface area contributed by atoms with E-state index in [9.17, 15) is 4.79 Å². The maximum atomic E-state index is 12.1. The predicted octanol–water partition coefficient (Wildman–Crippen LogP) is -0.460. The zero-order chi connectivity index (χ0) is 17.4. The van der Waals surface area contributed by atoms with Crippen molar-refractivity contribution in [3.63, 3.8) is 0 Å². The molecule has 24 heavy (non-hydrogen) atoms. The quantitative estimate of drug-likeness (QED) is 0.412. The highest BCUT2D eigenvalue weighted by molar-refractivity contribution is 5.82. The Morgan fingerprint density at radius 1 is 1.33 bits per heavy atom. The van der Waals surface area contributed by atoms with Crippen LogP contribution in [0.5, 0.6) is 11.5 Å². The van der Waals surface area contributed by atoms with Gasteiger partial charge in [0.2, 0.25) is 5.96 Å². The Hall–Kier alpha value is -2.81. The summed E-state index contributed by atoms with van der Waals surface area (Å²) >= 11 is 0. The van der Waals surface area contributed by atoms with Gasteiger partial charge in [-0.1, -0.05) is 0 Å². The molecule has 130 valence electrons. The molecular weight excluding hydrogens is 314 g/mol. The van der Waals surface area contributed by atoms with Crippen LogP contribution in [0, 0.1) is 0 Å². The van der Waals surface area contributed by atoms with Crippen LogP contribution in [0.3, 0.4) is 0 Å². The number of hydrogen-bond donors (Lipinski definition) is 2. The zero-order valence-electron chi connectivity index (χ0n) is 13.5. The molecule has 1 heterocycles. The van der Waals surface area contributed by atoms with Crippen molar-refractivity contribution in [2.75, 3.05) is 40.0 Å². The van der Waals surface area contributed by atoms with Gasteiger partial charge in [-0.05, 0) is 23.8 Å². The van der Waals surface area contributed by atoms with Gasteiger partial charge in [0.05, 0.1) is 26.5 Å². The first-order valence-electron chi connectivity index (χ1n) is 7.38. The lowest BCUT2D eigenvalue weighted by Gasteiger charge is -2.26. The van der Waals surface area contributed by atoms with Gasteiger partial charge in [0.15, 0.2) is 18.1 Å². The van der Waals surface area contributed by atoms with E-state index in [1.54, 1.807) is 23.1 Å². The fraction of sp³-hybridized carbons (Fsp3) is 0.400. The molecule has 0 unspecified atom stereocenters. The third kappa shape index (κ3) is 5.13. The van der Waals surface area contributed by atoms with E-state index in [0.29, 0.717) is 37.8 Å². The fourth-order valence-corrected chi connectivity index (χ4v) is 2.09. The first kappa shape index (κ1) is 17.5. The molecule has 2 rings (SSSR count). The Bertz CT molecular complexity index is 622. The minimum atomic E-state index is -0.125. The third-order valence-corrected chi connectivity index (χ3v) is 3.28. The van der Waals surface area contributed by atoms with Crippen molar-refractivity contribution in [2.45, 2.75) is 0 Å². The summed E-state index contributed by atoms with van der Waals surface area (Å²) in [5.41, 5.74) is 11.1. The van der Waals surface area contributed by atoms with Gasteiger partial charge in [0.1, 0.15) is 0 Å². The van der Waals surface area contributed by atoms with Crippen molar-refractivity contribution < 1.29 is 19.0 Å². The van der Waals surface area contributed by atoms with Gasteiger partial charge in [-0.25, -0.2) is 0 Å². The molecule has 0 aromatic heterocycles. The van der Waals surface area contributed by atoms with Crippen LogP contribution in [0.15, 0.2) is 28.4 Å². The van der Waals surface area contributed by atoms with Crippen molar-refractivity contribution in [3.8, 4) is 11.5 Å². The Morgan fingerprint density at radius 2 is 2.08 bits per heavy atom. The number of carbonyl (C=O) groups is 1. The van der Waals surface area contributed by atoms with E-state index < -0.39 is 0 Å². The molecule has 0 radical (unpaired) electrons. The number of morpholine rings is 1. The van der Waals surface area contributed by atoms with E-state index in [4.69, 9.17) is 25.7 Å². The second-order valence-corrected chi connectivity index (χ2v) is 4.96. The Labute approximate surface area is 139 Å². The van der Waals surface area contributed by atoms with E-state index in [2.05, 4.69) is 10.2 Å². The van der Waals surface area contributed by atoms with Crippen molar-refractivity contribution >= 4 is 18.1 Å². The number of hydrogen-bond acceptors (Lipinski definition) is 6. The first-order chi connectivity index (χ1) is 11.6. The molecule has 1 aromatic carbocycles. The van der Waals surface area contributed by atoms with Crippen LogP contribution < -0.4 is 20.9 Å². The van der Waals surface area contributed by atoms with E-state index in [0.717, 1.165) is 5.56 Å². The lowest BCUT2D eigenvalue weighted by atomic mass is 10.2. The van der Waals surface area contributed by atoms with Crippen LogP contribution in [0.25, 0.3) is 0 Å². The molecule has 1 saturated heterocycles. The van der Waals surface area contributed by atoms with Gasteiger partial charge < -0.3 is 30.6 Å². The highest BCUT2D eigenvalue weighted by atomic mass is 16.5. The average molecular weight is 335 g/mol. The van der Waals surface area contributed by atoms with Crippen molar-refractivity contribution in [3.05, 3.63) is 23.8 Å². The van der Waals surface area contributed by atoms with E-state index in [1.165, 1.54) is 13.3 Å². The van der Waals surface area contributed by atoms with Crippen molar-refractivity contribution in [1.82, 2.24) is 4.90 Å². The van der Waals surface area contributed by atoms with Crippen LogP contribution in [0.2, 0.25) is 0 Å². The Kier molecular flexibility index (Phi) is 6.38. The summed E-state index contributed by atoms with van der Waals surface area (Å²) in [5, 5.41) is 7.24. The molecule has 1 aliphatic heterocycles. The number of ether oxygens (including phenoxy) is 3. The van der Waals surface area contributed by atoms with Crippen LogP contribution >= 0.6 is 0 Å². The summed E-state index contributed by atoms with van der Waals surface area (Å²) in [6.45, 7) is 2.22. The van der Waals surface area contributed by atoms with E-state index >= 15 is 0 Å². The maximum absolute atomic E-state index is 12.1. The monoisotopic (exact) mass is 335 g/mol. The summed E-state index contributed by atoms with van der Waals surface area (Å²) in [6, 6.07) is 5.16. The molecular formula is C15H21N5O4. The Morgan fingerprint density at radius 3 is 2.75 bits per heavy atom. The lowest BCUT2D eigenvalue weighted by molar-refractivity contribution is -0.137. The van der Waals surface area contributed by atoms with Crippen LogP contribution in [-0.4, -0.2) is 63.0 Å². The van der Waals surface area contributed by atoms with Crippen molar-refractivity contribution in [2.24, 2.45) is 21.7 Å². The minimum absolute atomic E-state index is 0.0577. The number of amides is 1. The summed E-state index contributed by atoms with van der Waals surface area (Å²) < 4.78 is 16.1. The summed E-state index contributed by atoms with van der Waals surface area (Å²) in [6.07, 6.45) is 1.48. The summed E-state index contributed by atoms with van der Waals surface area (Å²) in [4.78, 5) is 13.8. The molecule has 0 bridgehead atoms. The number of carbonyl (C=O) groups excluding carboxylic acids is 1. The lowest BCUT2D eigenvalue weighted by Crippen LogP contribution is -2.43. The molecule has 4 N–H and O–H groups in total.